The molecule has 0 N–H and O–H groups in total. The van der Waals surface area contributed by atoms with Crippen LogP contribution in [0.1, 0.15) is 33.4 Å². The summed E-state index contributed by atoms with van der Waals surface area (Å²) in [5.74, 6) is 0. The summed E-state index contributed by atoms with van der Waals surface area (Å²) in [6.45, 7) is 0. The van der Waals surface area contributed by atoms with Crippen molar-refractivity contribution in [2.45, 2.75) is 5.41 Å². The van der Waals surface area contributed by atoms with E-state index in [9.17, 15) is 10.5 Å². The molecule has 7 heteroatoms. The normalized spacial score (nSPS) is 12.8. The van der Waals surface area contributed by atoms with Gasteiger partial charge in [0.2, 0.25) is 0 Å². The summed E-state index contributed by atoms with van der Waals surface area (Å²) >= 11 is 0. The number of fused-ring (bicyclic) bond motifs is 22. The zero-order valence-corrected chi connectivity index (χ0v) is 44.9. The molecule has 4 heterocycles. The molecular weight excluding hydrogens is 1030 g/mol. The number of para-hydroxylation sites is 7. The largest absolute Gasteiger partial charge is 0.454 e. The van der Waals surface area contributed by atoms with Gasteiger partial charge in [0.15, 0.2) is 11.2 Å². The summed E-state index contributed by atoms with van der Waals surface area (Å²) in [4.78, 5) is 4.70. The molecule has 0 atom stereocenters. The second kappa shape index (κ2) is 17.2. The zero-order valence-electron chi connectivity index (χ0n) is 44.9. The summed E-state index contributed by atoms with van der Waals surface area (Å²) in [6, 6.07) is 97.4. The summed E-state index contributed by atoms with van der Waals surface area (Å²) in [5.41, 5.74) is 19.1. The van der Waals surface area contributed by atoms with Gasteiger partial charge in [-0.25, -0.2) is 0 Å². The van der Waals surface area contributed by atoms with E-state index in [1.807, 2.05) is 48.5 Å². The fraction of sp³-hybridized carbons (Fsp3) is 0.0130. The maximum absolute atomic E-state index is 10.2. The van der Waals surface area contributed by atoms with Crippen LogP contribution in [0.5, 0.6) is 0 Å². The number of furan rings is 2. The Labute approximate surface area is 481 Å². The first-order valence-corrected chi connectivity index (χ1v) is 28.3. The van der Waals surface area contributed by atoms with Crippen molar-refractivity contribution in [2.75, 3.05) is 9.80 Å². The third kappa shape index (κ3) is 6.06. The maximum atomic E-state index is 10.2. The molecular formula is C77H43N5O2. The molecule has 388 valence electrons. The lowest BCUT2D eigenvalue weighted by atomic mass is 9.65. The molecule has 0 radical (unpaired) electrons. The molecule has 0 bridgehead atoms. The fourth-order valence-electron chi connectivity index (χ4n) is 14.6. The third-order valence-electron chi connectivity index (χ3n) is 18.0. The van der Waals surface area contributed by atoms with Crippen LogP contribution in [0, 0.1) is 22.7 Å². The SMILES string of the molecule is N#Cc1ccc(N(c2cc3c(c4ccccc24)-c2c(cc(N(c4ccc(C#N)cc4)c4cccc5c4oc4ccccc45)c4ccccc24)C32c3ccccc3-n3c4ccccc4c4cccc2c43)c2cccc3c2oc2ccccc23)cc1. The smallest absolute Gasteiger partial charge is 0.159 e. The molecule has 13 aromatic carbocycles. The Hall–Kier alpha value is -11.6. The van der Waals surface area contributed by atoms with Crippen LogP contribution in [-0.2, 0) is 5.41 Å². The lowest BCUT2D eigenvalue weighted by molar-refractivity contribution is 0.669. The van der Waals surface area contributed by atoms with Crippen LogP contribution in [-0.4, -0.2) is 4.57 Å². The van der Waals surface area contributed by atoms with Crippen molar-refractivity contribution in [3.8, 4) is 29.0 Å². The molecule has 0 unspecified atom stereocenters. The maximum Gasteiger partial charge on any atom is 0.159 e. The first-order valence-electron chi connectivity index (χ1n) is 28.3. The van der Waals surface area contributed by atoms with Gasteiger partial charge in [-0.2, -0.15) is 10.5 Å². The third-order valence-corrected chi connectivity index (χ3v) is 18.0. The van der Waals surface area contributed by atoms with Crippen molar-refractivity contribution in [1.82, 2.24) is 4.57 Å². The summed E-state index contributed by atoms with van der Waals surface area (Å²) in [5, 5.41) is 31.2. The van der Waals surface area contributed by atoms with E-state index in [1.165, 1.54) is 16.3 Å². The lowest BCUT2D eigenvalue weighted by Crippen LogP contribution is -2.34. The van der Waals surface area contributed by atoms with E-state index in [0.717, 1.165) is 144 Å². The molecule has 18 rings (SSSR count). The van der Waals surface area contributed by atoms with Gasteiger partial charge < -0.3 is 23.2 Å². The molecule has 84 heavy (non-hydrogen) atoms. The second-order valence-electron chi connectivity index (χ2n) is 22.0. The Bertz CT molecular complexity index is 5350. The fourth-order valence-corrected chi connectivity index (χ4v) is 14.6. The van der Waals surface area contributed by atoms with E-state index in [-0.39, 0.29) is 0 Å². The van der Waals surface area contributed by atoms with E-state index in [2.05, 4.69) is 239 Å². The van der Waals surface area contributed by atoms with E-state index in [4.69, 9.17) is 8.83 Å². The average molecular weight is 1070 g/mol. The van der Waals surface area contributed by atoms with Crippen LogP contribution in [0.2, 0.25) is 0 Å². The first kappa shape index (κ1) is 46.1. The summed E-state index contributed by atoms with van der Waals surface area (Å²) < 4.78 is 16.4. The van der Waals surface area contributed by atoms with Crippen LogP contribution in [0.3, 0.4) is 0 Å². The Morgan fingerprint density at radius 3 is 1.29 bits per heavy atom. The molecule has 16 aromatic rings. The van der Waals surface area contributed by atoms with Crippen LogP contribution in [0.4, 0.5) is 34.1 Å². The number of anilines is 6. The quantitative estimate of drug-likeness (QED) is 0.165. The predicted octanol–water partition coefficient (Wildman–Crippen LogP) is 20.2. The molecule has 1 aliphatic carbocycles. The van der Waals surface area contributed by atoms with Gasteiger partial charge in [0.1, 0.15) is 11.2 Å². The molecule has 0 saturated carbocycles. The van der Waals surface area contributed by atoms with Crippen molar-refractivity contribution in [3.05, 3.63) is 294 Å². The number of hydrogen-bond acceptors (Lipinski definition) is 6. The highest BCUT2D eigenvalue weighted by Gasteiger charge is 2.53. The Morgan fingerprint density at radius 1 is 0.333 bits per heavy atom. The van der Waals surface area contributed by atoms with Gasteiger partial charge in [0.25, 0.3) is 0 Å². The van der Waals surface area contributed by atoms with Gasteiger partial charge >= 0.3 is 0 Å². The number of benzene rings is 13. The van der Waals surface area contributed by atoms with Crippen LogP contribution >= 0.6 is 0 Å². The van der Waals surface area contributed by atoms with Crippen molar-refractivity contribution in [1.29, 1.82) is 10.5 Å². The molecule has 3 aromatic heterocycles. The van der Waals surface area contributed by atoms with Crippen molar-refractivity contribution >= 4 is 121 Å². The molecule has 0 saturated heterocycles. The number of nitriles is 2. The van der Waals surface area contributed by atoms with Crippen molar-refractivity contribution in [3.63, 3.8) is 0 Å². The Kier molecular flexibility index (Phi) is 9.44. The lowest BCUT2D eigenvalue weighted by Gasteiger charge is -2.40. The molecule has 0 amide bonds. The zero-order chi connectivity index (χ0) is 55.4. The van der Waals surface area contributed by atoms with Gasteiger partial charge in [0.05, 0.1) is 68.2 Å². The molecule has 1 spiro atoms. The Morgan fingerprint density at radius 2 is 0.750 bits per heavy atom. The number of hydrogen-bond donors (Lipinski definition) is 0. The first-order chi connectivity index (χ1) is 41.6. The highest BCUT2D eigenvalue weighted by molar-refractivity contribution is 6.22. The monoisotopic (exact) mass is 1070 g/mol. The molecule has 1 aliphatic heterocycles. The van der Waals surface area contributed by atoms with E-state index >= 15 is 0 Å². The molecule has 0 fully saturated rings. The van der Waals surface area contributed by atoms with Crippen LogP contribution in [0.25, 0.3) is 104 Å². The predicted molar refractivity (Wildman–Crippen MR) is 340 cm³/mol. The number of aromatic nitrogens is 1. The summed E-state index contributed by atoms with van der Waals surface area (Å²) in [6.07, 6.45) is 0. The van der Waals surface area contributed by atoms with Gasteiger partial charge in [-0.05, 0) is 141 Å². The van der Waals surface area contributed by atoms with E-state index < -0.39 is 5.41 Å². The highest BCUT2D eigenvalue weighted by atomic mass is 16.3. The standard InChI is InChI=1S/C77H43N5O2/c78-44-46-34-38-48(39-35-46)80(66-30-14-24-58-53-19-6-11-32-70(53)83-75(58)66)68-42-62-72(55-21-3-1-16-50(55)68)73-56-22-4-2-17-51(56)69(81(49-40-36-47(45-79)37-41-49)67-31-15-25-59-54-20-7-12-33-71(54)84-76(59)67)43-63(73)77(62)60-26-8-10-29-65(60)82-64-28-9-5-18-52(64)57-23-13-27-61(77)74(57)82/h1-43H. The van der Waals surface area contributed by atoms with E-state index in [0.29, 0.717) is 11.1 Å². The van der Waals surface area contributed by atoms with Crippen LogP contribution in [0.15, 0.2) is 270 Å². The van der Waals surface area contributed by atoms with Gasteiger partial charge in [-0.1, -0.05) is 164 Å². The minimum absolute atomic E-state index is 0.574. The van der Waals surface area contributed by atoms with Gasteiger partial charge in [0, 0.05) is 54.5 Å². The molecule has 2 aliphatic rings. The topological polar surface area (TPSA) is 85.3 Å². The average Bonchev–Trinajstić information content (AvgIpc) is 1.48. The van der Waals surface area contributed by atoms with Gasteiger partial charge in [-0.15, -0.1) is 0 Å². The van der Waals surface area contributed by atoms with Crippen molar-refractivity contribution in [2.24, 2.45) is 0 Å². The second-order valence-corrected chi connectivity index (χ2v) is 22.0. The molecule has 7 nitrogen and oxygen atoms in total. The summed E-state index contributed by atoms with van der Waals surface area (Å²) in [7, 11) is 0. The minimum atomic E-state index is -0.952. The number of rotatable bonds is 6. The Balaban J connectivity index is 1.03. The minimum Gasteiger partial charge on any atom is -0.454 e. The van der Waals surface area contributed by atoms with Crippen LogP contribution < -0.4 is 9.80 Å². The highest BCUT2D eigenvalue weighted by Crippen LogP contribution is 2.66. The van der Waals surface area contributed by atoms with Gasteiger partial charge in [-0.3, -0.25) is 0 Å². The number of nitrogens with zero attached hydrogens (tertiary/aromatic N) is 5. The van der Waals surface area contributed by atoms with E-state index in [1.54, 1.807) is 0 Å². The van der Waals surface area contributed by atoms with Crippen molar-refractivity contribution < 1.29 is 8.83 Å².